The third kappa shape index (κ3) is 6.30. The molecule has 0 aliphatic carbocycles. The lowest BCUT2D eigenvalue weighted by Gasteiger charge is -2.23. The van der Waals surface area contributed by atoms with Crippen molar-refractivity contribution >= 4 is 17.7 Å². The molecule has 1 amide bonds. The standard InChI is InChI=1S/C26H28N6O5/c1-32(11-12-33)25(34)20-4-6-23(30-24(20)35-2)31-26-28-10-7-21(29-26)17-3-5-22(18(15-17)16-27)37-19-8-13-36-14-9-19/h3-7,10,15,19,33H,8-9,11-14H2,1-2H3,(H,28,29,30,31). The Kier molecular flexibility index (Phi) is 8.45. The summed E-state index contributed by atoms with van der Waals surface area (Å²) in [5.74, 6) is 1.02. The van der Waals surface area contributed by atoms with Crippen LogP contribution in [0.1, 0.15) is 28.8 Å². The number of aromatic nitrogens is 3. The van der Waals surface area contributed by atoms with Crippen LogP contribution in [0.15, 0.2) is 42.6 Å². The van der Waals surface area contributed by atoms with Crippen molar-refractivity contribution in [1.29, 1.82) is 5.26 Å². The van der Waals surface area contributed by atoms with E-state index in [0.29, 0.717) is 36.0 Å². The fraction of sp³-hybridized carbons (Fsp3) is 0.346. The van der Waals surface area contributed by atoms with Crippen molar-refractivity contribution in [2.45, 2.75) is 18.9 Å². The first kappa shape index (κ1) is 25.8. The lowest BCUT2D eigenvalue weighted by molar-refractivity contribution is 0.0254. The molecule has 0 atom stereocenters. The van der Waals surface area contributed by atoms with E-state index >= 15 is 0 Å². The van der Waals surface area contributed by atoms with Crippen LogP contribution in [0.2, 0.25) is 0 Å². The van der Waals surface area contributed by atoms with Gasteiger partial charge in [-0.3, -0.25) is 4.79 Å². The highest BCUT2D eigenvalue weighted by Crippen LogP contribution is 2.28. The Balaban J connectivity index is 1.52. The fourth-order valence-electron chi connectivity index (χ4n) is 3.83. The number of pyridine rings is 1. The molecule has 0 spiro atoms. The topological polar surface area (TPSA) is 143 Å². The molecule has 0 bridgehead atoms. The van der Waals surface area contributed by atoms with E-state index in [1.54, 1.807) is 43.6 Å². The van der Waals surface area contributed by atoms with Crippen molar-refractivity contribution in [2.75, 3.05) is 45.8 Å². The number of carbonyl (C=O) groups excluding carboxylic acids is 1. The van der Waals surface area contributed by atoms with Gasteiger partial charge in [0, 0.05) is 38.2 Å². The number of methoxy groups -OCH3 is 1. The molecule has 1 aliphatic rings. The number of amides is 1. The summed E-state index contributed by atoms with van der Waals surface area (Å²) in [4.78, 5) is 27.1. The molecule has 3 heterocycles. The van der Waals surface area contributed by atoms with Crippen LogP contribution >= 0.6 is 0 Å². The van der Waals surface area contributed by atoms with Crippen LogP contribution in [-0.2, 0) is 4.74 Å². The molecule has 4 rings (SSSR count). The minimum atomic E-state index is -0.319. The van der Waals surface area contributed by atoms with Gasteiger partial charge in [0.25, 0.3) is 5.91 Å². The fourth-order valence-corrected chi connectivity index (χ4v) is 3.83. The van der Waals surface area contributed by atoms with Gasteiger partial charge in [-0.05, 0) is 36.4 Å². The molecule has 0 saturated carbocycles. The molecular formula is C26H28N6O5. The molecule has 11 nitrogen and oxygen atoms in total. The number of benzene rings is 1. The first-order chi connectivity index (χ1) is 18.0. The van der Waals surface area contributed by atoms with Gasteiger partial charge in [0.15, 0.2) is 0 Å². The lowest BCUT2D eigenvalue weighted by Crippen LogP contribution is -2.30. The number of likely N-dealkylation sites (N-methyl/N-ethyl adjacent to an activating group) is 1. The summed E-state index contributed by atoms with van der Waals surface area (Å²) in [6, 6.07) is 12.5. The zero-order valence-corrected chi connectivity index (χ0v) is 20.7. The second-order valence-corrected chi connectivity index (χ2v) is 8.35. The molecule has 11 heteroatoms. The van der Waals surface area contributed by atoms with Gasteiger partial charge in [0.1, 0.15) is 29.3 Å². The van der Waals surface area contributed by atoms with Crippen molar-refractivity contribution in [2.24, 2.45) is 0 Å². The molecule has 37 heavy (non-hydrogen) atoms. The molecule has 0 unspecified atom stereocenters. The quantitative estimate of drug-likeness (QED) is 0.446. The second-order valence-electron chi connectivity index (χ2n) is 8.35. The third-order valence-electron chi connectivity index (χ3n) is 5.82. The highest BCUT2D eigenvalue weighted by molar-refractivity contribution is 5.96. The number of nitrogens with one attached hydrogen (secondary N) is 1. The van der Waals surface area contributed by atoms with E-state index in [0.717, 1.165) is 18.4 Å². The molecule has 1 saturated heterocycles. The summed E-state index contributed by atoms with van der Waals surface area (Å²) in [6.07, 6.45) is 3.21. The largest absolute Gasteiger partial charge is 0.489 e. The molecule has 1 aromatic carbocycles. The van der Waals surface area contributed by atoms with Crippen molar-refractivity contribution in [1.82, 2.24) is 19.9 Å². The van der Waals surface area contributed by atoms with Crippen molar-refractivity contribution in [3.8, 4) is 29.0 Å². The molecule has 1 aliphatic heterocycles. The number of ether oxygens (including phenoxy) is 3. The molecule has 1 fully saturated rings. The molecular weight excluding hydrogens is 476 g/mol. The van der Waals surface area contributed by atoms with Gasteiger partial charge in [-0.15, -0.1) is 0 Å². The SMILES string of the molecule is COc1nc(Nc2nccc(-c3ccc(OC4CCOCC4)c(C#N)c3)n2)ccc1C(=O)N(C)CCO. The maximum Gasteiger partial charge on any atom is 0.259 e. The maximum absolute atomic E-state index is 12.6. The van der Waals surface area contributed by atoms with Crippen molar-refractivity contribution in [3.63, 3.8) is 0 Å². The number of hydrogen-bond acceptors (Lipinski definition) is 10. The van der Waals surface area contributed by atoms with Crippen LogP contribution in [0.4, 0.5) is 11.8 Å². The van der Waals surface area contributed by atoms with Gasteiger partial charge < -0.3 is 29.5 Å². The zero-order chi connectivity index (χ0) is 26.2. The van der Waals surface area contributed by atoms with Crippen LogP contribution in [-0.4, -0.2) is 77.5 Å². The number of nitrogens with zero attached hydrogens (tertiary/aromatic N) is 5. The summed E-state index contributed by atoms with van der Waals surface area (Å²) in [6.45, 7) is 1.36. The highest BCUT2D eigenvalue weighted by atomic mass is 16.5. The Hall–Kier alpha value is -4.27. The van der Waals surface area contributed by atoms with Gasteiger partial charge in [-0.2, -0.15) is 10.2 Å². The first-order valence-electron chi connectivity index (χ1n) is 11.8. The Morgan fingerprint density at radius 2 is 2.05 bits per heavy atom. The second kappa shape index (κ2) is 12.1. The minimum absolute atomic E-state index is 0.0304. The number of carbonyl (C=O) groups is 1. The van der Waals surface area contributed by atoms with Crippen LogP contribution in [0.5, 0.6) is 11.6 Å². The number of aliphatic hydroxyl groups excluding tert-OH is 1. The predicted molar refractivity (Wildman–Crippen MR) is 135 cm³/mol. The van der Waals surface area contributed by atoms with Crippen LogP contribution in [0.3, 0.4) is 0 Å². The molecule has 192 valence electrons. The highest BCUT2D eigenvalue weighted by Gasteiger charge is 2.19. The number of aliphatic hydroxyl groups is 1. The van der Waals surface area contributed by atoms with E-state index in [4.69, 9.17) is 19.3 Å². The Morgan fingerprint density at radius 1 is 1.24 bits per heavy atom. The molecule has 3 aromatic rings. The minimum Gasteiger partial charge on any atom is -0.489 e. The summed E-state index contributed by atoms with van der Waals surface area (Å²) in [5, 5.41) is 21.8. The van der Waals surface area contributed by atoms with Gasteiger partial charge in [0.05, 0.1) is 38.2 Å². The van der Waals surface area contributed by atoms with E-state index in [2.05, 4.69) is 26.3 Å². The lowest BCUT2D eigenvalue weighted by atomic mass is 10.1. The monoisotopic (exact) mass is 504 g/mol. The zero-order valence-electron chi connectivity index (χ0n) is 20.7. The summed E-state index contributed by atoms with van der Waals surface area (Å²) in [5.41, 5.74) is 2.04. The summed E-state index contributed by atoms with van der Waals surface area (Å²) in [7, 11) is 3.01. The average Bonchev–Trinajstić information content (AvgIpc) is 2.93. The maximum atomic E-state index is 12.6. The Bertz CT molecular complexity index is 1290. The summed E-state index contributed by atoms with van der Waals surface area (Å²) < 4.78 is 16.7. The Labute approximate surface area is 214 Å². The summed E-state index contributed by atoms with van der Waals surface area (Å²) >= 11 is 0. The molecule has 0 radical (unpaired) electrons. The van der Waals surface area contributed by atoms with E-state index < -0.39 is 0 Å². The third-order valence-corrected chi connectivity index (χ3v) is 5.82. The number of rotatable bonds is 9. The van der Waals surface area contributed by atoms with Gasteiger partial charge in [-0.25, -0.2) is 9.97 Å². The van der Waals surface area contributed by atoms with E-state index in [-0.39, 0.29) is 42.6 Å². The number of anilines is 2. The van der Waals surface area contributed by atoms with Crippen LogP contribution < -0.4 is 14.8 Å². The number of nitriles is 1. The predicted octanol–water partition coefficient (Wildman–Crippen LogP) is 2.78. The van der Waals surface area contributed by atoms with Crippen molar-refractivity contribution < 1.29 is 24.1 Å². The van der Waals surface area contributed by atoms with Crippen LogP contribution in [0.25, 0.3) is 11.3 Å². The van der Waals surface area contributed by atoms with Crippen molar-refractivity contribution in [3.05, 3.63) is 53.7 Å². The van der Waals surface area contributed by atoms with Gasteiger partial charge >= 0.3 is 0 Å². The van der Waals surface area contributed by atoms with E-state index in [1.807, 2.05) is 6.07 Å². The average molecular weight is 505 g/mol. The first-order valence-corrected chi connectivity index (χ1v) is 11.8. The molecule has 2 N–H and O–H groups in total. The smallest absolute Gasteiger partial charge is 0.259 e. The Morgan fingerprint density at radius 3 is 2.78 bits per heavy atom. The van der Waals surface area contributed by atoms with Gasteiger partial charge in [0.2, 0.25) is 11.8 Å². The van der Waals surface area contributed by atoms with Crippen LogP contribution in [0, 0.1) is 11.3 Å². The molecule has 2 aromatic heterocycles. The van der Waals surface area contributed by atoms with Gasteiger partial charge in [-0.1, -0.05) is 0 Å². The normalized spacial score (nSPS) is 13.5. The number of hydrogen-bond donors (Lipinski definition) is 2. The van der Waals surface area contributed by atoms with E-state index in [9.17, 15) is 10.1 Å². The van der Waals surface area contributed by atoms with E-state index in [1.165, 1.54) is 12.0 Å².